The lowest BCUT2D eigenvalue weighted by Gasteiger charge is -2.37. The fourth-order valence-corrected chi connectivity index (χ4v) is 1.54. The summed E-state index contributed by atoms with van der Waals surface area (Å²) >= 11 is 0. The summed E-state index contributed by atoms with van der Waals surface area (Å²) in [6, 6.07) is 0. The second-order valence-corrected chi connectivity index (χ2v) is 5.05. The van der Waals surface area contributed by atoms with E-state index in [1.165, 1.54) is 6.61 Å². The van der Waals surface area contributed by atoms with E-state index in [0.717, 1.165) is 0 Å². The highest BCUT2D eigenvalue weighted by Gasteiger charge is 2.39. The molecule has 14 heavy (non-hydrogen) atoms. The van der Waals surface area contributed by atoms with Crippen molar-refractivity contribution in [2.75, 3.05) is 0 Å². The van der Waals surface area contributed by atoms with Crippen molar-refractivity contribution >= 4 is 0 Å². The van der Waals surface area contributed by atoms with Crippen LogP contribution in [0, 0.1) is 12.0 Å². The van der Waals surface area contributed by atoms with Crippen molar-refractivity contribution in [1.29, 1.82) is 0 Å². The molecule has 4 nitrogen and oxygen atoms in total. The van der Waals surface area contributed by atoms with Crippen LogP contribution in [0.15, 0.2) is 0 Å². The van der Waals surface area contributed by atoms with Gasteiger partial charge in [-0.05, 0) is 11.8 Å². The number of aliphatic hydroxyl groups excluding tert-OH is 3. The molecule has 0 aromatic rings. The maximum Gasteiger partial charge on any atom is 0.115 e. The van der Waals surface area contributed by atoms with Gasteiger partial charge in [-0.15, -0.1) is 0 Å². The second kappa shape index (κ2) is 4.14. The van der Waals surface area contributed by atoms with Crippen LogP contribution in [0.5, 0.6) is 0 Å². The van der Waals surface area contributed by atoms with E-state index < -0.39 is 24.4 Å². The minimum absolute atomic E-state index is 0.0154. The first-order valence-corrected chi connectivity index (χ1v) is 4.84. The van der Waals surface area contributed by atoms with Crippen LogP contribution < -0.4 is 0 Å². The highest BCUT2D eigenvalue weighted by Crippen LogP contribution is 2.29. The van der Waals surface area contributed by atoms with Crippen LogP contribution in [-0.4, -0.2) is 39.7 Å². The van der Waals surface area contributed by atoms with Gasteiger partial charge in [-0.2, -0.15) is 0 Å². The Morgan fingerprint density at radius 3 is 2.21 bits per heavy atom. The van der Waals surface area contributed by atoms with Crippen molar-refractivity contribution in [2.24, 2.45) is 5.41 Å². The highest BCUT2D eigenvalue weighted by molar-refractivity contribution is 4.92. The summed E-state index contributed by atoms with van der Waals surface area (Å²) < 4.78 is 5.16. The van der Waals surface area contributed by atoms with E-state index in [4.69, 9.17) is 4.74 Å². The highest BCUT2D eigenvalue weighted by atomic mass is 16.5. The molecule has 0 unspecified atom stereocenters. The lowest BCUT2D eigenvalue weighted by molar-refractivity contribution is -0.167. The lowest BCUT2D eigenvalue weighted by atomic mass is 9.85. The van der Waals surface area contributed by atoms with Gasteiger partial charge < -0.3 is 20.1 Å². The molecule has 0 saturated carbocycles. The van der Waals surface area contributed by atoms with E-state index in [1.807, 2.05) is 20.8 Å². The van der Waals surface area contributed by atoms with E-state index in [-0.39, 0.29) is 5.41 Å². The first-order chi connectivity index (χ1) is 6.31. The molecule has 4 atom stereocenters. The molecule has 0 amide bonds. The smallest absolute Gasteiger partial charge is 0.115 e. The topological polar surface area (TPSA) is 69.9 Å². The molecule has 1 aliphatic rings. The molecule has 1 aliphatic heterocycles. The third-order valence-electron chi connectivity index (χ3n) is 2.29. The molecule has 0 bridgehead atoms. The average molecular weight is 203 g/mol. The third kappa shape index (κ3) is 2.92. The predicted molar refractivity (Wildman–Crippen MR) is 51.3 cm³/mol. The van der Waals surface area contributed by atoms with Crippen molar-refractivity contribution in [3.8, 4) is 0 Å². The summed E-state index contributed by atoms with van der Waals surface area (Å²) in [4.78, 5) is 0. The van der Waals surface area contributed by atoms with Crippen LogP contribution in [0.25, 0.3) is 0 Å². The molecule has 1 heterocycles. The normalized spacial score (nSPS) is 39.9. The van der Waals surface area contributed by atoms with E-state index in [1.54, 1.807) is 0 Å². The molecular formula is C10H19O4. The molecule has 4 heteroatoms. The fourth-order valence-electron chi connectivity index (χ4n) is 1.54. The Morgan fingerprint density at radius 1 is 1.14 bits per heavy atom. The van der Waals surface area contributed by atoms with Crippen LogP contribution in [0.1, 0.15) is 27.2 Å². The zero-order valence-electron chi connectivity index (χ0n) is 8.84. The Kier molecular flexibility index (Phi) is 3.53. The van der Waals surface area contributed by atoms with Gasteiger partial charge in [0.1, 0.15) is 24.9 Å². The van der Waals surface area contributed by atoms with Crippen LogP contribution >= 0.6 is 0 Å². The summed E-state index contributed by atoms with van der Waals surface area (Å²) in [7, 11) is 0. The maximum atomic E-state index is 9.62. The third-order valence-corrected chi connectivity index (χ3v) is 2.29. The lowest BCUT2D eigenvalue weighted by Crippen LogP contribution is -2.51. The summed E-state index contributed by atoms with van der Waals surface area (Å²) in [6.45, 7) is 7.27. The first kappa shape index (κ1) is 11.9. The molecule has 1 saturated heterocycles. The van der Waals surface area contributed by atoms with Crippen molar-refractivity contribution in [1.82, 2.24) is 0 Å². The van der Waals surface area contributed by atoms with E-state index >= 15 is 0 Å². The van der Waals surface area contributed by atoms with Gasteiger partial charge in [-0.3, -0.25) is 0 Å². The van der Waals surface area contributed by atoms with Crippen LogP contribution in [0.2, 0.25) is 0 Å². The van der Waals surface area contributed by atoms with Crippen molar-refractivity contribution in [3.63, 3.8) is 0 Å². The fraction of sp³-hybridized carbons (Fsp3) is 0.900. The van der Waals surface area contributed by atoms with Crippen molar-refractivity contribution in [2.45, 2.75) is 51.6 Å². The zero-order valence-corrected chi connectivity index (χ0v) is 8.84. The standard InChI is InChI=1S/C10H19O4/c1-10(2,3)4-7-9(13)8(12)6(11)5-14-7/h5-9,11-13H,4H2,1-3H3/t6-,7+,8+,9-/m0/s1. The molecule has 0 aromatic carbocycles. The summed E-state index contributed by atoms with van der Waals surface area (Å²) in [5.74, 6) is 0. The van der Waals surface area contributed by atoms with Gasteiger partial charge in [0.2, 0.25) is 0 Å². The van der Waals surface area contributed by atoms with Gasteiger partial charge in [0.05, 0.1) is 6.10 Å². The predicted octanol–water partition coefficient (Wildman–Crippen LogP) is 0.0659. The minimum Gasteiger partial charge on any atom is -0.388 e. The van der Waals surface area contributed by atoms with Crippen LogP contribution in [0.4, 0.5) is 0 Å². The van der Waals surface area contributed by atoms with Gasteiger partial charge in [-0.1, -0.05) is 20.8 Å². The first-order valence-electron chi connectivity index (χ1n) is 4.84. The van der Waals surface area contributed by atoms with Crippen molar-refractivity contribution < 1.29 is 20.1 Å². The Morgan fingerprint density at radius 2 is 1.71 bits per heavy atom. The maximum absolute atomic E-state index is 9.62. The van der Waals surface area contributed by atoms with Gasteiger partial charge in [0, 0.05) is 0 Å². The second-order valence-electron chi connectivity index (χ2n) is 5.05. The average Bonchev–Trinajstić information content (AvgIpc) is 2.04. The minimum atomic E-state index is -1.14. The summed E-state index contributed by atoms with van der Waals surface area (Å²) in [5.41, 5.74) is 0.0154. The number of hydrogen-bond donors (Lipinski definition) is 3. The molecule has 0 aromatic heterocycles. The molecule has 3 N–H and O–H groups in total. The van der Waals surface area contributed by atoms with Gasteiger partial charge in [-0.25, -0.2) is 0 Å². The van der Waals surface area contributed by atoms with Crippen LogP contribution in [-0.2, 0) is 4.74 Å². The Bertz CT molecular complexity index is 187. The number of hydrogen-bond acceptors (Lipinski definition) is 4. The zero-order chi connectivity index (χ0) is 10.9. The molecule has 1 fully saturated rings. The quantitative estimate of drug-likeness (QED) is 0.564. The van der Waals surface area contributed by atoms with E-state index in [2.05, 4.69) is 0 Å². The molecule has 0 spiro atoms. The molecule has 1 radical (unpaired) electrons. The SMILES string of the molecule is CC(C)(C)C[C@H]1O[CH][C@H](O)[C@@H](O)[C@H]1O. The number of ether oxygens (including phenoxy) is 1. The van der Waals surface area contributed by atoms with E-state index in [9.17, 15) is 15.3 Å². The van der Waals surface area contributed by atoms with E-state index in [0.29, 0.717) is 6.42 Å². The largest absolute Gasteiger partial charge is 0.388 e. The number of aliphatic hydroxyl groups is 3. The summed E-state index contributed by atoms with van der Waals surface area (Å²) in [5, 5.41) is 28.2. The van der Waals surface area contributed by atoms with Gasteiger partial charge in [0.15, 0.2) is 0 Å². The summed E-state index contributed by atoms with van der Waals surface area (Å²) in [6.07, 6.45) is -3.06. The van der Waals surface area contributed by atoms with Crippen molar-refractivity contribution in [3.05, 3.63) is 6.61 Å². The molecular weight excluding hydrogens is 184 g/mol. The molecule has 1 rings (SSSR count). The van der Waals surface area contributed by atoms with Gasteiger partial charge in [0.25, 0.3) is 0 Å². The van der Waals surface area contributed by atoms with Gasteiger partial charge >= 0.3 is 0 Å². The Labute approximate surface area is 84.5 Å². The Hall–Kier alpha value is -0.160. The van der Waals surface area contributed by atoms with Crippen LogP contribution in [0.3, 0.4) is 0 Å². The molecule has 0 aliphatic carbocycles. The Balaban J connectivity index is 2.55. The monoisotopic (exact) mass is 203 g/mol. The molecule has 83 valence electrons. The number of rotatable bonds is 1.